The van der Waals surface area contributed by atoms with Crippen molar-refractivity contribution in [2.45, 2.75) is 45.1 Å². The van der Waals surface area contributed by atoms with Crippen LogP contribution in [0.5, 0.6) is 5.75 Å². The maximum absolute atomic E-state index is 8.74. The van der Waals surface area contributed by atoms with Crippen LogP contribution in [-0.2, 0) is 6.42 Å². The number of anilines is 1. The summed E-state index contributed by atoms with van der Waals surface area (Å²) in [5, 5.41) is 8.74. The normalized spacial score (nSPS) is 23.3. The summed E-state index contributed by atoms with van der Waals surface area (Å²) in [6, 6.07) is 7.75. The zero-order valence-corrected chi connectivity index (χ0v) is 10.9. The Morgan fingerprint density at radius 1 is 1.33 bits per heavy atom. The molecule has 2 N–H and O–H groups in total. The van der Waals surface area contributed by atoms with Crippen molar-refractivity contribution in [3.63, 3.8) is 0 Å². The van der Waals surface area contributed by atoms with Gasteiger partial charge in [0.05, 0.1) is 18.6 Å². The van der Waals surface area contributed by atoms with Gasteiger partial charge in [0.15, 0.2) is 0 Å². The van der Waals surface area contributed by atoms with Gasteiger partial charge in [-0.05, 0) is 55.4 Å². The maximum atomic E-state index is 8.74. The van der Waals surface area contributed by atoms with Crippen LogP contribution >= 0.6 is 0 Å². The molecule has 0 amide bonds. The number of hydrogen-bond acceptors (Lipinski definition) is 3. The Balaban J connectivity index is 2.01. The van der Waals surface area contributed by atoms with E-state index in [-0.39, 0.29) is 0 Å². The van der Waals surface area contributed by atoms with Gasteiger partial charge >= 0.3 is 0 Å². The molecule has 0 radical (unpaired) electrons. The molecule has 0 spiro atoms. The van der Waals surface area contributed by atoms with Gasteiger partial charge in [0, 0.05) is 5.69 Å². The van der Waals surface area contributed by atoms with E-state index in [9.17, 15) is 0 Å². The Labute approximate surface area is 109 Å². The van der Waals surface area contributed by atoms with E-state index in [1.165, 1.54) is 12.8 Å². The monoisotopic (exact) mass is 244 g/mol. The summed E-state index contributed by atoms with van der Waals surface area (Å²) in [6.45, 7) is 2.30. The number of rotatable bonds is 3. The molecule has 1 fully saturated rings. The molecule has 1 aromatic carbocycles. The van der Waals surface area contributed by atoms with E-state index in [0.717, 1.165) is 30.1 Å². The Bertz CT molecular complexity index is 442. The molecule has 1 aliphatic rings. The molecule has 3 nitrogen and oxygen atoms in total. The van der Waals surface area contributed by atoms with Gasteiger partial charge in [-0.15, -0.1) is 0 Å². The minimum Gasteiger partial charge on any atom is -0.490 e. The summed E-state index contributed by atoms with van der Waals surface area (Å²) in [5.41, 5.74) is 7.35. The molecule has 1 saturated carbocycles. The van der Waals surface area contributed by atoms with Gasteiger partial charge in [-0.25, -0.2) is 0 Å². The number of nitrogens with zero attached hydrogens (tertiary/aromatic N) is 1. The second kappa shape index (κ2) is 5.77. The summed E-state index contributed by atoms with van der Waals surface area (Å²) in [5.74, 6) is 1.67. The molecule has 0 saturated heterocycles. The van der Waals surface area contributed by atoms with Gasteiger partial charge in [0.1, 0.15) is 5.75 Å². The van der Waals surface area contributed by atoms with Gasteiger partial charge in [-0.1, -0.05) is 6.92 Å². The van der Waals surface area contributed by atoms with Gasteiger partial charge in [-0.3, -0.25) is 0 Å². The van der Waals surface area contributed by atoms with Crippen LogP contribution in [0.15, 0.2) is 18.2 Å². The van der Waals surface area contributed by atoms with Gasteiger partial charge < -0.3 is 10.5 Å². The van der Waals surface area contributed by atoms with Crippen molar-refractivity contribution in [3.05, 3.63) is 23.8 Å². The van der Waals surface area contributed by atoms with Gasteiger partial charge in [0.25, 0.3) is 0 Å². The topological polar surface area (TPSA) is 59.0 Å². The van der Waals surface area contributed by atoms with Crippen LogP contribution in [0.3, 0.4) is 0 Å². The van der Waals surface area contributed by atoms with Crippen molar-refractivity contribution in [2.24, 2.45) is 5.92 Å². The highest BCUT2D eigenvalue weighted by atomic mass is 16.5. The molecule has 0 aliphatic heterocycles. The third-order valence-corrected chi connectivity index (χ3v) is 3.65. The van der Waals surface area contributed by atoms with Crippen molar-refractivity contribution in [3.8, 4) is 11.8 Å². The van der Waals surface area contributed by atoms with Crippen LogP contribution in [0.4, 0.5) is 5.69 Å². The van der Waals surface area contributed by atoms with Crippen LogP contribution in [-0.4, -0.2) is 6.10 Å². The number of benzene rings is 1. The van der Waals surface area contributed by atoms with Crippen LogP contribution in [0.2, 0.25) is 0 Å². The van der Waals surface area contributed by atoms with E-state index >= 15 is 0 Å². The molecular weight excluding hydrogens is 224 g/mol. The molecule has 1 aromatic rings. The lowest BCUT2D eigenvalue weighted by molar-refractivity contribution is 0.135. The molecule has 0 bridgehead atoms. The summed E-state index contributed by atoms with van der Waals surface area (Å²) in [6.07, 6.45) is 5.39. The number of ether oxygens (including phenoxy) is 1. The first-order valence-electron chi connectivity index (χ1n) is 6.61. The first-order chi connectivity index (χ1) is 8.69. The molecule has 3 heteroatoms. The molecule has 1 aliphatic carbocycles. The van der Waals surface area contributed by atoms with Crippen molar-refractivity contribution in [1.82, 2.24) is 0 Å². The number of nitrogens with two attached hydrogens (primary N) is 1. The van der Waals surface area contributed by atoms with E-state index in [1.807, 2.05) is 18.2 Å². The fourth-order valence-corrected chi connectivity index (χ4v) is 2.43. The fraction of sp³-hybridized carbons (Fsp3) is 0.533. The van der Waals surface area contributed by atoms with Crippen LogP contribution < -0.4 is 10.5 Å². The molecule has 18 heavy (non-hydrogen) atoms. The number of nitrogen functional groups attached to an aromatic ring is 1. The first kappa shape index (κ1) is 12.8. The maximum Gasteiger partial charge on any atom is 0.120 e. The average Bonchev–Trinajstić information content (AvgIpc) is 2.37. The summed E-state index contributed by atoms with van der Waals surface area (Å²) < 4.78 is 5.98. The number of nitriles is 1. The third kappa shape index (κ3) is 3.16. The average molecular weight is 244 g/mol. The Kier molecular flexibility index (Phi) is 4.09. The standard InChI is InChI=1S/C15H20N2O/c1-11-2-4-13(5-3-11)18-14-6-7-15(17)12(10-14)8-9-16/h6-7,10-11,13H,2-5,8,17H2,1H3. The Morgan fingerprint density at radius 2 is 2.06 bits per heavy atom. The van der Waals surface area contributed by atoms with Crippen molar-refractivity contribution in [1.29, 1.82) is 5.26 Å². The first-order valence-corrected chi connectivity index (χ1v) is 6.61. The van der Waals surface area contributed by atoms with Gasteiger partial charge in [0.2, 0.25) is 0 Å². The molecule has 0 heterocycles. The Morgan fingerprint density at radius 3 is 2.72 bits per heavy atom. The van der Waals surface area contributed by atoms with Crippen molar-refractivity contribution < 1.29 is 4.74 Å². The minimum absolute atomic E-state index is 0.319. The lowest BCUT2D eigenvalue weighted by atomic mass is 9.89. The van der Waals surface area contributed by atoms with Crippen molar-refractivity contribution >= 4 is 5.69 Å². The van der Waals surface area contributed by atoms with E-state index in [0.29, 0.717) is 18.2 Å². The summed E-state index contributed by atoms with van der Waals surface area (Å²) >= 11 is 0. The largest absolute Gasteiger partial charge is 0.490 e. The van der Waals surface area contributed by atoms with E-state index in [4.69, 9.17) is 15.7 Å². The minimum atomic E-state index is 0.319. The smallest absolute Gasteiger partial charge is 0.120 e. The molecular formula is C15H20N2O. The van der Waals surface area contributed by atoms with Crippen LogP contribution in [0, 0.1) is 17.2 Å². The molecule has 0 atom stereocenters. The SMILES string of the molecule is CC1CCC(Oc2ccc(N)c(CC#N)c2)CC1. The fourth-order valence-electron chi connectivity index (χ4n) is 2.43. The summed E-state index contributed by atoms with van der Waals surface area (Å²) in [4.78, 5) is 0. The third-order valence-electron chi connectivity index (χ3n) is 3.65. The van der Waals surface area contributed by atoms with Crippen LogP contribution in [0.25, 0.3) is 0 Å². The Hall–Kier alpha value is -1.69. The second-order valence-corrected chi connectivity index (χ2v) is 5.20. The molecule has 2 rings (SSSR count). The van der Waals surface area contributed by atoms with Gasteiger partial charge in [-0.2, -0.15) is 5.26 Å². The van der Waals surface area contributed by atoms with Crippen molar-refractivity contribution in [2.75, 3.05) is 5.73 Å². The number of hydrogen-bond donors (Lipinski definition) is 1. The zero-order chi connectivity index (χ0) is 13.0. The highest BCUT2D eigenvalue weighted by Gasteiger charge is 2.19. The molecule has 96 valence electrons. The lowest BCUT2D eigenvalue weighted by Gasteiger charge is -2.27. The predicted molar refractivity (Wildman–Crippen MR) is 72.2 cm³/mol. The molecule has 0 unspecified atom stereocenters. The highest BCUT2D eigenvalue weighted by Crippen LogP contribution is 2.28. The van der Waals surface area contributed by atoms with Crippen LogP contribution in [0.1, 0.15) is 38.2 Å². The van der Waals surface area contributed by atoms with E-state index < -0.39 is 0 Å². The predicted octanol–water partition coefficient (Wildman–Crippen LogP) is 3.29. The van der Waals surface area contributed by atoms with E-state index in [2.05, 4.69) is 13.0 Å². The lowest BCUT2D eigenvalue weighted by Crippen LogP contribution is -2.23. The zero-order valence-electron chi connectivity index (χ0n) is 10.9. The highest BCUT2D eigenvalue weighted by molar-refractivity contribution is 5.51. The molecule has 0 aromatic heterocycles. The summed E-state index contributed by atoms with van der Waals surface area (Å²) in [7, 11) is 0. The van der Waals surface area contributed by atoms with E-state index in [1.54, 1.807) is 0 Å². The second-order valence-electron chi connectivity index (χ2n) is 5.20. The quantitative estimate of drug-likeness (QED) is 0.830.